The number of rotatable bonds is 8. The lowest BCUT2D eigenvalue weighted by Gasteiger charge is -2.41. The molecule has 266 valence electrons. The Morgan fingerprint density at radius 3 is 2.18 bits per heavy atom. The molecule has 3 aromatic rings. The third-order valence-electron chi connectivity index (χ3n) is 10.2. The van der Waals surface area contributed by atoms with Crippen molar-refractivity contribution in [3.05, 3.63) is 75.9 Å². The molecule has 1 saturated heterocycles. The zero-order chi connectivity index (χ0) is 35.1. The van der Waals surface area contributed by atoms with E-state index < -0.39 is 35.9 Å². The number of pyridine rings is 1. The standard InChI is InChI=1S/C36H42F6N4O3/c1-34(2)17-26-29(27(48)18-34)28(21-7-11-35(38,39)12-8-21)30(31(37)22-3-5-24(6-4-22)36(40,41)42)32(45-26)23-9-13-46(14-10-23)33-43-19-25(20-44-33)49-16-15-47/h3-6,19-21,23,27,31,47-48H,7-18H2,1-2H3/t27-,31-/m0/s1. The van der Waals surface area contributed by atoms with Crippen LogP contribution in [0, 0.1) is 5.41 Å². The summed E-state index contributed by atoms with van der Waals surface area (Å²) in [6.45, 7) is 5.04. The lowest BCUT2D eigenvalue weighted by molar-refractivity contribution is -0.137. The van der Waals surface area contributed by atoms with Crippen molar-refractivity contribution < 1.29 is 41.3 Å². The van der Waals surface area contributed by atoms with E-state index in [1.54, 1.807) is 0 Å². The fourth-order valence-corrected chi connectivity index (χ4v) is 7.78. The quantitative estimate of drug-likeness (QED) is 0.231. The predicted octanol–water partition coefficient (Wildman–Crippen LogP) is 8.00. The molecule has 2 atom stereocenters. The molecule has 7 nitrogen and oxygen atoms in total. The molecule has 0 radical (unpaired) electrons. The second-order valence-electron chi connectivity index (χ2n) is 14.4. The van der Waals surface area contributed by atoms with E-state index in [-0.39, 0.29) is 61.4 Å². The van der Waals surface area contributed by atoms with Crippen molar-refractivity contribution in [2.24, 2.45) is 5.41 Å². The number of halogens is 6. The predicted molar refractivity (Wildman–Crippen MR) is 171 cm³/mol. The smallest absolute Gasteiger partial charge is 0.416 e. The summed E-state index contributed by atoms with van der Waals surface area (Å²) in [5, 5.41) is 20.6. The van der Waals surface area contributed by atoms with Gasteiger partial charge in [-0.05, 0) is 73.1 Å². The third kappa shape index (κ3) is 7.67. The van der Waals surface area contributed by atoms with Gasteiger partial charge in [-0.1, -0.05) is 26.0 Å². The van der Waals surface area contributed by atoms with Gasteiger partial charge in [-0.3, -0.25) is 4.98 Å². The molecule has 49 heavy (non-hydrogen) atoms. The fraction of sp³-hybridized carbons (Fsp3) is 0.583. The maximum atomic E-state index is 17.2. The number of hydrogen-bond acceptors (Lipinski definition) is 7. The van der Waals surface area contributed by atoms with Crippen LogP contribution in [-0.2, 0) is 12.6 Å². The first kappa shape index (κ1) is 35.4. The summed E-state index contributed by atoms with van der Waals surface area (Å²) in [5.74, 6) is -2.65. The number of alkyl halides is 6. The number of piperidine rings is 1. The number of aromatic nitrogens is 3. The average molecular weight is 693 g/mol. The second-order valence-corrected chi connectivity index (χ2v) is 14.4. The maximum Gasteiger partial charge on any atom is 0.416 e. The molecule has 6 rings (SSSR count). The number of hydrogen-bond donors (Lipinski definition) is 2. The Morgan fingerprint density at radius 1 is 0.959 bits per heavy atom. The minimum atomic E-state index is -4.59. The van der Waals surface area contributed by atoms with Crippen molar-refractivity contribution in [2.45, 2.75) is 101 Å². The van der Waals surface area contributed by atoms with E-state index in [1.165, 1.54) is 12.4 Å². The Morgan fingerprint density at radius 2 is 1.59 bits per heavy atom. The Kier molecular flexibility index (Phi) is 9.89. The van der Waals surface area contributed by atoms with Gasteiger partial charge in [0, 0.05) is 48.7 Å². The summed E-state index contributed by atoms with van der Waals surface area (Å²) < 4.78 is 91.7. The molecule has 1 aliphatic heterocycles. The normalized spacial score (nSPS) is 22.1. The third-order valence-corrected chi connectivity index (χ3v) is 10.2. The van der Waals surface area contributed by atoms with E-state index in [9.17, 15) is 27.1 Å². The maximum absolute atomic E-state index is 17.2. The van der Waals surface area contributed by atoms with Gasteiger partial charge < -0.3 is 19.8 Å². The summed E-state index contributed by atoms with van der Waals surface area (Å²) in [6.07, 6.45) is -2.99. The van der Waals surface area contributed by atoms with Gasteiger partial charge in [-0.25, -0.2) is 23.1 Å². The molecule has 3 aliphatic rings. The second kappa shape index (κ2) is 13.7. The topological polar surface area (TPSA) is 91.6 Å². The van der Waals surface area contributed by atoms with Crippen molar-refractivity contribution in [1.29, 1.82) is 0 Å². The van der Waals surface area contributed by atoms with Gasteiger partial charge in [0.2, 0.25) is 11.9 Å². The van der Waals surface area contributed by atoms with Crippen LogP contribution in [0.1, 0.15) is 122 Å². The molecule has 0 spiro atoms. The Labute approximate surface area is 281 Å². The zero-order valence-corrected chi connectivity index (χ0v) is 27.6. The van der Waals surface area contributed by atoms with Crippen LogP contribution in [0.25, 0.3) is 0 Å². The molecule has 3 heterocycles. The van der Waals surface area contributed by atoms with Crippen LogP contribution >= 0.6 is 0 Å². The SMILES string of the molecule is CC1(C)Cc2nc(C3CCN(c4ncc(OCCO)cn4)CC3)c([C@@H](F)c3ccc(C(F)(F)F)cc3)c(C3CCC(F)(F)CC3)c2[C@@H](O)C1. The lowest BCUT2D eigenvalue weighted by Crippen LogP contribution is -2.36. The molecular weight excluding hydrogens is 650 g/mol. The van der Waals surface area contributed by atoms with E-state index in [4.69, 9.17) is 14.8 Å². The monoisotopic (exact) mass is 692 g/mol. The molecular formula is C36H42F6N4O3. The van der Waals surface area contributed by atoms with Crippen molar-refractivity contribution in [1.82, 2.24) is 15.0 Å². The van der Waals surface area contributed by atoms with Crippen LogP contribution < -0.4 is 9.64 Å². The molecule has 0 bridgehead atoms. The first-order valence-electron chi connectivity index (χ1n) is 16.9. The summed E-state index contributed by atoms with van der Waals surface area (Å²) in [6, 6.07) is 3.96. The Balaban J connectivity index is 1.42. The van der Waals surface area contributed by atoms with Gasteiger partial charge in [0.25, 0.3) is 0 Å². The average Bonchev–Trinajstić information content (AvgIpc) is 3.06. The molecule has 2 N–H and O–H groups in total. The number of fused-ring (bicyclic) bond motifs is 1. The molecule has 2 aliphatic carbocycles. The van der Waals surface area contributed by atoms with E-state index in [1.807, 2.05) is 18.7 Å². The van der Waals surface area contributed by atoms with Crippen LogP contribution in [-0.4, -0.2) is 57.4 Å². The summed E-state index contributed by atoms with van der Waals surface area (Å²) in [4.78, 5) is 15.9. The highest BCUT2D eigenvalue weighted by Crippen LogP contribution is 2.52. The van der Waals surface area contributed by atoms with Crippen LogP contribution in [0.2, 0.25) is 0 Å². The molecule has 2 fully saturated rings. The van der Waals surface area contributed by atoms with Gasteiger partial charge >= 0.3 is 6.18 Å². The van der Waals surface area contributed by atoms with Crippen molar-refractivity contribution in [2.75, 3.05) is 31.2 Å². The van der Waals surface area contributed by atoms with E-state index in [0.717, 1.165) is 24.3 Å². The molecule has 1 aromatic carbocycles. The van der Waals surface area contributed by atoms with Crippen LogP contribution in [0.3, 0.4) is 0 Å². The number of nitrogens with zero attached hydrogens (tertiary/aromatic N) is 4. The molecule has 0 unspecified atom stereocenters. The number of aliphatic hydroxyl groups excluding tert-OH is 2. The highest BCUT2D eigenvalue weighted by atomic mass is 19.4. The summed E-state index contributed by atoms with van der Waals surface area (Å²) >= 11 is 0. The van der Waals surface area contributed by atoms with Gasteiger partial charge in [-0.15, -0.1) is 0 Å². The summed E-state index contributed by atoms with van der Waals surface area (Å²) in [7, 11) is 0. The van der Waals surface area contributed by atoms with E-state index >= 15 is 4.39 Å². The first-order valence-corrected chi connectivity index (χ1v) is 16.9. The summed E-state index contributed by atoms with van der Waals surface area (Å²) in [5.41, 5.74) is 1.13. The fourth-order valence-electron chi connectivity index (χ4n) is 7.78. The molecule has 1 saturated carbocycles. The van der Waals surface area contributed by atoms with Crippen molar-refractivity contribution in [3.63, 3.8) is 0 Å². The highest BCUT2D eigenvalue weighted by molar-refractivity contribution is 5.51. The van der Waals surface area contributed by atoms with Crippen molar-refractivity contribution in [3.8, 4) is 5.75 Å². The van der Waals surface area contributed by atoms with Crippen LogP contribution in [0.15, 0.2) is 36.7 Å². The molecule has 13 heteroatoms. The number of aliphatic hydroxyl groups is 2. The van der Waals surface area contributed by atoms with E-state index in [0.29, 0.717) is 73.0 Å². The minimum Gasteiger partial charge on any atom is -0.488 e. The number of anilines is 1. The highest BCUT2D eigenvalue weighted by Gasteiger charge is 2.44. The molecule has 2 aromatic heterocycles. The van der Waals surface area contributed by atoms with Gasteiger partial charge in [0.05, 0.1) is 36.4 Å². The lowest BCUT2D eigenvalue weighted by atomic mass is 9.68. The molecule has 0 amide bonds. The van der Waals surface area contributed by atoms with Gasteiger partial charge in [0.15, 0.2) is 11.9 Å². The minimum absolute atomic E-state index is 0.0124. The van der Waals surface area contributed by atoms with Crippen molar-refractivity contribution >= 4 is 5.95 Å². The number of benzene rings is 1. The van der Waals surface area contributed by atoms with E-state index in [2.05, 4.69) is 9.97 Å². The van der Waals surface area contributed by atoms with Crippen LogP contribution in [0.5, 0.6) is 5.75 Å². The zero-order valence-electron chi connectivity index (χ0n) is 27.6. The van der Waals surface area contributed by atoms with Gasteiger partial charge in [-0.2, -0.15) is 13.2 Å². The number of ether oxygens (including phenoxy) is 1. The van der Waals surface area contributed by atoms with Crippen LogP contribution in [0.4, 0.5) is 32.3 Å². The largest absolute Gasteiger partial charge is 0.488 e. The van der Waals surface area contributed by atoms with Gasteiger partial charge in [0.1, 0.15) is 6.61 Å². The first-order chi connectivity index (χ1) is 23.2. The Hall–Kier alpha value is -3.45. The Bertz CT molecular complexity index is 1600.